The lowest BCUT2D eigenvalue weighted by Crippen LogP contribution is -2.54. The molecule has 5 rings (SSSR count). The summed E-state index contributed by atoms with van der Waals surface area (Å²) < 4.78 is 11.6. The molecule has 2 aliphatic heterocycles. The fraction of sp³-hybridized carbons (Fsp3) is 0.550. The normalized spacial score (nSPS) is 18.1. The van der Waals surface area contributed by atoms with Gasteiger partial charge >= 0.3 is 12.2 Å². The fourth-order valence-electron chi connectivity index (χ4n) is 7.62. The number of nitrogens with zero attached hydrogens (tertiary/aromatic N) is 3. The van der Waals surface area contributed by atoms with Crippen LogP contribution in [-0.2, 0) is 35.2 Å². The SMILES string of the molecule is CCCCn1c2cc(NC(=O)[C@@H]3CCCN3C(=O)[C@@H](NC(=O)OC)C(C)C)ccc2c2ccc(NC(=O)[C@@H]3CCCN3C(=O)[C@@H](NC(=O)OC)C(C)C)cc21. The van der Waals surface area contributed by atoms with Crippen LogP contribution in [0.15, 0.2) is 36.4 Å². The molecule has 0 saturated carbocycles. The third kappa shape index (κ3) is 8.97. The van der Waals surface area contributed by atoms with E-state index in [0.717, 1.165) is 34.6 Å². The third-order valence-electron chi connectivity index (χ3n) is 10.6. The summed E-state index contributed by atoms with van der Waals surface area (Å²) >= 11 is 0. The number of amides is 6. The van der Waals surface area contributed by atoms with Crippen LogP contribution in [0, 0.1) is 11.8 Å². The molecule has 0 bridgehead atoms. The number of benzene rings is 2. The van der Waals surface area contributed by atoms with E-state index in [0.29, 0.717) is 56.7 Å². The van der Waals surface area contributed by atoms with Gasteiger partial charge in [0.05, 0.1) is 25.3 Å². The maximum atomic E-state index is 13.7. The van der Waals surface area contributed by atoms with Gasteiger partial charge in [-0.25, -0.2) is 9.59 Å². The highest BCUT2D eigenvalue weighted by molar-refractivity contribution is 6.11. The summed E-state index contributed by atoms with van der Waals surface area (Å²) in [5.74, 6) is -1.66. The van der Waals surface area contributed by atoms with E-state index in [4.69, 9.17) is 9.47 Å². The molecule has 6 amide bonds. The van der Waals surface area contributed by atoms with Crippen LogP contribution in [0.1, 0.15) is 73.1 Å². The Labute approximate surface area is 321 Å². The van der Waals surface area contributed by atoms with E-state index < -0.39 is 36.4 Å². The van der Waals surface area contributed by atoms with Crippen molar-refractivity contribution < 1.29 is 38.2 Å². The van der Waals surface area contributed by atoms with Crippen molar-refractivity contribution in [1.29, 1.82) is 0 Å². The molecular weight excluding hydrogens is 706 g/mol. The molecule has 15 heteroatoms. The Kier molecular flexibility index (Phi) is 13.3. The summed E-state index contributed by atoms with van der Waals surface area (Å²) in [6.45, 7) is 11.0. The summed E-state index contributed by atoms with van der Waals surface area (Å²) in [6.07, 6.45) is 2.78. The predicted octanol–water partition coefficient (Wildman–Crippen LogP) is 5.21. The number of ether oxygens (including phenoxy) is 2. The summed E-state index contributed by atoms with van der Waals surface area (Å²) in [5.41, 5.74) is 3.01. The van der Waals surface area contributed by atoms with Crippen molar-refractivity contribution in [2.45, 2.75) is 104 Å². The lowest BCUT2D eigenvalue weighted by Gasteiger charge is -2.30. The van der Waals surface area contributed by atoms with Gasteiger partial charge in [-0.2, -0.15) is 0 Å². The van der Waals surface area contributed by atoms with Gasteiger partial charge in [-0.3, -0.25) is 19.2 Å². The van der Waals surface area contributed by atoms with Gasteiger partial charge in [-0.05, 0) is 68.2 Å². The number of aromatic nitrogens is 1. The van der Waals surface area contributed by atoms with Crippen molar-refractivity contribution >= 4 is 69.0 Å². The number of hydrogen-bond donors (Lipinski definition) is 4. The monoisotopic (exact) mass is 761 g/mol. The summed E-state index contributed by atoms with van der Waals surface area (Å²) in [7, 11) is 2.48. The van der Waals surface area contributed by atoms with Crippen LogP contribution >= 0.6 is 0 Å². The number of fused-ring (bicyclic) bond motifs is 3. The zero-order chi connectivity index (χ0) is 40.0. The second-order valence-corrected chi connectivity index (χ2v) is 15.0. The molecule has 2 saturated heterocycles. The number of rotatable bonds is 13. The molecular formula is C40H55N7O8. The molecule has 0 aliphatic carbocycles. The van der Waals surface area contributed by atoms with Gasteiger partial charge in [0.25, 0.3) is 0 Å². The molecule has 3 aromatic rings. The van der Waals surface area contributed by atoms with E-state index in [9.17, 15) is 28.8 Å². The van der Waals surface area contributed by atoms with Crippen molar-refractivity contribution in [2.75, 3.05) is 37.9 Å². The van der Waals surface area contributed by atoms with Gasteiger partial charge in [0.2, 0.25) is 23.6 Å². The molecule has 55 heavy (non-hydrogen) atoms. The summed E-state index contributed by atoms with van der Waals surface area (Å²) in [5, 5.41) is 13.3. The smallest absolute Gasteiger partial charge is 0.407 e. The van der Waals surface area contributed by atoms with E-state index in [2.05, 4.69) is 32.8 Å². The Hall–Kier alpha value is -5.34. The van der Waals surface area contributed by atoms with E-state index in [1.807, 2.05) is 64.1 Å². The lowest BCUT2D eigenvalue weighted by atomic mass is 10.0. The molecule has 4 N–H and O–H groups in total. The van der Waals surface area contributed by atoms with Crippen LogP contribution in [0.3, 0.4) is 0 Å². The first-order valence-corrected chi connectivity index (χ1v) is 19.3. The van der Waals surface area contributed by atoms with Crippen LogP contribution in [0.5, 0.6) is 0 Å². The number of carbonyl (C=O) groups is 6. The highest BCUT2D eigenvalue weighted by Crippen LogP contribution is 2.34. The van der Waals surface area contributed by atoms with Gasteiger partial charge < -0.3 is 45.1 Å². The Morgan fingerprint density at radius 3 is 1.47 bits per heavy atom. The van der Waals surface area contributed by atoms with Crippen LogP contribution in [0.2, 0.25) is 0 Å². The molecule has 2 fully saturated rings. The predicted molar refractivity (Wildman–Crippen MR) is 209 cm³/mol. The van der Waals surface area contributed by atoms with Crippen molar-refractivity contribution in [1.82, 2.24) is 25.0 Å². The second kappa shape index (κ2) is 17.9. The van der Waals surface area contributed by atoms with Gasteiger partial charge in [-0.1, -0.05) is 53.2 Å². The molecule has 0 unspecified atom stereocenters. The van der Waals surface area contributed by atoms with Crippen molar-refractivity contribution in [3.8, 4) is 0 Å². The summed E-state index contributed by atoms with van der Waals surface area (Å²) in [6, 6.07) is 8.48. The molecule has 2 aliphatic rings. The molecule has 3 heterocycles. The first kappa shape index (κ1) is 40.8. The van der Waals surface area contributed by atoms with E-state index in [-0.39, 0.29) is 35.5 Å². The number of methoxy groups -OCH3 is 2. The molecule has 298 valence electrons. The van der Waals surface area contributed by atoms with Crippen molar-refractivity contribution in [3.63, 3.8) is 0 Å². The second-order valence-electron chi connectivity index (χ2n) is 15.0. The maximum Gasteiger partial charge on any atom is 0.407 e. The highest BCUT2D eigenvalue weighted by atomic mass is 16.5. The van der Waals surface area contributed by atoms with Crippen LogP contribution in [0.25, 0.3) is 21.8 Å². The highest BCUT2D eigenvalue weighted by Gasteiger charge is 2.40. The fourth-order valence-corrected chi connectivity index (χ4v) is 7.62. The first-order valence-electron chi connectivity index (χ1n) is 19.3. The molecule has 1 aromatic heterocycles. The number of nitrogens with one attached hydrogen (secondary N) is 4. The Balaban J connectivity index is 1.37. The van der Waals surface area contributed by atoms with Crippen molar-refractivity contribution in [3.05, 3.63) is 36.4 Å². The summed E-state index contributed by atoms with van der Waals surface area (Å²) in [4.78, 5) is 81.5. The Bertz CT molecular complexity index is 1790. The molecule has 0 radical (unpaired) electrons. The maximum absolute atomic E-state index is 13.7. The third-order valence-corrected chi connectivity index (χ3v) is 10.6. The quantitative estimate of drug-likeness (QED) is 0.183. The zero-order valence-electron chi connectivity index (χ0n) is 32.9. The standard InChI is InChI=1S/C40H55N7O8/c1-8-9-18-45-31-21-25(41-35(48)29-12-10-19-46(29)37(50)33(23(2)3)43-39(52)54-6)14-16-27(31)28-17-15-26(22-32(28)45)42-36(49)30-13-11-20-47(30)38(51)34(24(4)5)44-40(53)55-7/h14-17,21-24,29-30,33-34H,8-13,18-20H2,1-7H3,(H,41,48)(H,42,49)(H,43,52)(H,44,53)/t29-,30-,33-,34-/m0/s1. The topological polar surface area (TPSA) is 180 Å². The van der Waals surface area contributed by atoms with E-state index in [1.54, 1.807) is 9.80 Å². The van der Waals surface area contributed by atoms with Crippen LogP contribution in [0.4, 0.5) is 21.0 Å². The molecule has 15 nitrogen and oxygen atoms in total. The number of carbonyl (C=O) groups excluding carboxylic acids is 6. The van der Waals surface area contributed by atoms with E-state index >= 15 is 0 Å². The number of likely N-dealkylation sites (tertiary alicyclic amines) is 2. The number of anilines is 2. The minimum atomic E-state index is -0.826. The van der Waals surface area contributed by atoms with Crippen molar-refractivity contribution in [2.24, 2.45) is 11.8 Å². The van der Waals surface area contributed by atoms with Gasteiger partial charge in [0.1, 0.15) is 24.2 Å². The van der Waals surface area contributed by atoms with E-state index in [1.165, 1.54) is 14.2 Å². The number of aryl methyl sites for hydroxylation is 1. The van der Waals surface area contributed by atoms with Gasteiger partial charge in [0.15, 0.2) is 0 Å². The largest absolute Gasteiger partial charge is 0.453 e. The van der Waals surface area contributed by atoms with Crippen LogP contribution < -0.4 is 21.3 Å². The minimum absolute atomic E-state index is 0.210. The zero-order valence-corrected chi connectivity index (χ0v) is 32.9. The van der Waals surface area contributed by atoms with Gasteiger partial charge in [0, 0.05) is 41.8 Å². The minimum Gasteiger partial charge on any atom is -0.453 e. The molecule has 4 atom stereocenters. The molecule has 0 spiro atoms. The lowest BCUT2D eigenvalue weighted by molar-refractivity contribution is -0.139. The van der Waals surface area contributed by atoms with Gasteiger partial charge in [-0.15, -0.1) is 0 Å². The Morgan fingerprint density at radius 2 is 1.11 bits per heavy atom. The van der Waals surface area contributed by atoms with Crippen LogP contribution in [-0.4, -0.2) is 102 Å². The number of alkyl carbamates (subject to hydrolysis) is 2. The number of unbranched alkanes of at least 4 members (excludes halogenated alkanes) is 1. The molecule has 2 aromatic carbocycles. The Morgan fingerprint density at radius 1 is 0.691 bits per heavy atom. The average molecular weight is 762 g/mol. The first-order chi connectivity index (χ1) is 26.3. The number of hydrogen-bond acceptors (Lipinski definition) is 8. The average Bonchev–Trinajstić information content (AvgIpc) is 3.92.